The van der Waals surface area contributed by atoms with E-state index in [2.05, 4.69) is 14.2 Å². The van der Waals surface area contributed by atoms with Gasteiger partial charge in [0.2, 0.25) is 0 Å². The van der Waals surface area contributed by atoms with Gasteiger partial charge in [-0.3, -0.25) is 14.4 Å². The third-order valence-electron chi connectivity index (χ3n) is 3.13. The summed E-state index contributed by atoms with van der Waals surface area (Å²) in [6.07, 6.45) is 1.00. The maximum atomic E-state index is 10.6. The summed E-state index contributed by atoms with van der Waals surface area (Å²) in [4.78, 5) is 31.5. The molecule has 0 aromatic carbocycles. The van der Waals surface area contributed by atoms with Crippen LogP contribution in [0.2, 0.25) is 0 Å². The summed E-state index contributed by atoms with van der Waals surface area (Å²) >= 11 is 0. The highest BCUT2D eigenvalue weighted by molar-refractivity contribution is 5.69. The van der Waals surface area contributed by atoms with Crippen LogP contribution in [0.1, 0.15) is 60.8 Å². The van der Waals surface area contributed by atoms with E-state index in [0.29, 0.717) is 52.3 Å². The van der Waals surface area contributed by atoms with Gasteiger partial charge in [0.05, 0.1) is 46.4 Å². The lowest BCUT2D eigenvalue weighted by Gasteiger charge is -2.10. The molecule has 1 unspecified atom stereocenters. The molecule has 10 nitrogen and oxygen atoms in total. The van der Waals surface area contributed by atoms with Crippen molar-refractivity contribution in [3.63, 3.8) is 0 Å². The highest BCUT2D eigenvalue weighted by atomic mass is 16.6. The average Bonchev–Trinajstić information content (AvgIpc) is 2.79. The van der Waals surface area contributed by atoms with Crippen LogP contribution in [0.25, 0.3) is 0 Å². The zero-order valence-corrected chi connectivity index (χ0v) is 22.2. The molecule has 0 aromatic heterocycles. The van der Waals surface area contributed by atoms with Crippen LogP contribution in [0, 0.1) is 0 Å². The fraction of sp³-hybridized carbons (Fsp3) is 0.870. The Bertz CT molecular complexity index is 412. The maximum Gasteiger partial charge on any atom is 0.308 e. The molecule has 0 aliphatic carbocycles. The van der Waals surface area contributed by atoms with E-state index in [1.165, 1.54) is 7.11 Å². The molecule has 1 atom stereocenters. The molecule has 0 radical (unpaired) electrons. The third kappa shape index (κ3) is 44.7. The van der Waals surface area contributed by atoms with Gasteiger partial charge < -0.3 is 33.2 Å². The highest BCUT2D eigenvalue weighted by Crippen LogP contribution is 1.93. The first kappa shape index (κ1) is 38.5. The number of ether oxygens (including phenoxy) is 7. The van der Waals surface area contributed by atoms with Crippen molar-refractivity contribution in [3.05, 3.63) is 0 Å². The highest BCUT2D eigenvalue weighted by Gasteiger charge is 2.05. The van der Waals surface area contributed by atoms with E-state index in [1.807, 2.05) is 20.8 Å². The van der Waals surface area contributed by atoms with Crippen molar-refractivity contribution in [2.45, 2.75) is 66.9 Å². The Labute approximate surface area is 200 Å². The summed E-state index contributed by atoms with van der Waals surface area (Å²) in [5.41, 5.74) is 0. The van der Waals surface area contributed by atoms with Crippen LogP contribution in [0.5, 0.6) is 0 Å². The van der Waals surface area contributed by atoms with Crippen LogP contribution in [0.3, 0.4) is 0 Å². The Morgan fingerprint density at radius 1 is 0.667 bits per heavy atom. The van der Waals surface area contributed by atoms with E-state index in [4.69, 9.17) is 18.9 Å². The van der Waals surface area contributed by atoms with E-state index < -0.39 is 0 Å². The van der Waals surface area contributed by atoms with Crippen LogP contribution in [0.15, 0.2) is 0 Å². The minimum atomic E-state index is -0.230. The van der Waals surface area contributed by atoms with Crippen LogP contribution >= 0.6 is 0 Å². The first-order valence-electron chi connectivity index (χ1n) is 11.3. The lowest BCUT2D eigenvalue weighted by Crippen LogP contribution is -2.18. The maximum absolute atomic E-state index is 10.6. The van der Waals surface area contributed by atoms with Crippen molar-refractivity contribution in [1.29, 1.82) is 0 Å². The van der Waals surface area contributed by atoms with E-state index in [9.17, 15) is 14.4 Å². The summed E-state index contributed by atoms with van der Waals surface area (Å²) in [5, 5.41) is 0. The fourth-order valence-electron chi connectivity index (χ4n) is 1.60. The number of rotatable bonds is 14. The first-order valence-corrected chi connectivity index (χ1v) is 11.3. The second-order valence-corrected chi connectivity index (χ2v) is 5.96. The molecule has 0 N–H and O–H groups in total. The molecule has 0 bridgehead atoms. The topological polar surface area (TPSA) is 116 Å². The van der Waals surface area contributed by atoms with Gasteiger partial charge in [0.15, 0.2) is 0 Å². The van der Waals surface area contributed by atoms with Gasteiger partial charge in [0.1, 0.15) is 6.10 Å². The second kappa shape index (κ2) is 34.9. The van der Waals surface area contributed by atoms with Gasteiger partial charge in [-0.15, -0.1) is 0 Å². The normalized spacial score (nSPS) is 10.1. The average molecular weight is 485 g/mol. The van der Waals surface area contributed by atoms with Crippen LogP contribution < -0.4 is 0 Å². The van der Waals surface area contributed by atoms with Crippen LogP contribution in [-0.4, -0.2) is 91.6 Å². The van der Waals surface area contributed by atoms with Crippen molar-refractivity contribution in [2.75, 3.05) is 67.6 Å². The molecule has 0 aliphatic heterocycles. The second-order valence-electron chi connectivity index (χ2n) is 5.96. The lowest BCUT2D eigenvalue weighted by atomic mass is 10.4. The zero-order valence-electron chi connectivity index (χ0n) is 22.2. The Hall–Kier alpha value is -1.75. The van der Waals surface area contributed by atoms with Crippen LogP contribution in [0.4, 0.5) is 0 Å². The van der Waals surface area contributed by atoms with E-state index >= 15 is 0 Å². The molecule has 0 amide bonds. The predicted molar refractivity (Wildman–Crippen MR) is 126 cm³/mol. The van der Waals surface area contributed by atoms with Gasteiger partial charge in [0.25, 0.3) is 0 Å². The van der Waals surface area contributed by atoms with E-state index in [1.54, 1.807) is 35.0 Å². The van der Waals surface area contributed by atoms with Gasteiger partial charge in [0, 0.05) is 40.5 Å². The van der Waals surface area contributed by atoms with Gasteiger partial charge in [-0.25, -0.2) is 0 Å². The largest absolute Gasteiger partial charge is 0.469 e. The number of carbonyl (C=O) groups is 3. The van der Waals surface area contributed by atoms with Crippen molar-refractivity contribution >= 4 is 17.9 Å². The van der Waals surface area contributed by atoms with Gasteiger partial charge >= 0.3 is 17.9 Å². The Kier molecular flexibility index (Phi) is 40.7. The summed E-state index contributed by atoms with van der Waals surface area (Å²) in [6, 6.07) is 0. The number of hydrogen-bond acceptors (Lipinski definition) is 10. The molecular weight excluding hydrogens is 436 g/mol. The quantitative estimate of drug-likeness (QED) is 0.207. The van der Waals surface area contributed by atoms with Crippen molar-refractivity contribution in [1.82, 2.24) is 0 Å². The van der Waals surface area contributed by atoms with Crippen molar-refractivity contribution in [2.24, 2.45) is 0 Å². The van der Waals surface area contributed by atoms with Gasteiger partial charge in [-0.2, -0.15) is 0 Å². The number of methoxy groups -OCH3 is 3. The minimum Gasteiger partial charge on any atom is -0.469 e. The smallest absolute Gasteiger partial charge is 0.308 e. The summed E-state index contributed by atoms with van der Waals surface area (Å²) in [7, 11) is 4.48. The summed E-state index contributed by atoms with van der Waals surface area (Å²) in [6.45, 7) is 15.4. The Balaban J connectivity index is -0.000000175. The summed E-state index contributed by atoms with van der Waals surface area (Å²) < 4.78 is 33.0. The molecule has 0 saturated carbocycles. The summed E-state index contributed by atoms with van der Waals surface area (Å²) in [5.74, 6) is -0.590. The van der Waals surface area contributed by atoms with Gasteiger partial charge in [-0.1, -0.05) is 6.92 Å². The first-order chi connectivity index (χ1) is 15.7. The Morgan fingerprint density at radius 2 is 1.21 bits per heavy atom. The van der Waals surface area contributed by atoms with Crippen molar-refractivity contribution < 1.29 is 47.5 Å². The standard InChI is InChI=1S/2C7H14O3.C5H10O3.C4H10O/c1-4-7(8)10-6(2)5-9-3;1-3-9-6-5-7(8)10-4-2;1-7-4-3-5(6)8-2;1-3-5-4-2/h6H,4-5H2,1-3H3;3-6H2,1-2H3;3-4H2,1-2H3;3-4H2,1-2H3. The molecule has 200 valence electrons. The van der Waals surface area contributed by atoms with Crippen LogP contribution in [-0.2, 0) is 47.5 Å². The minimum absolute atomic E-state index is 0.127. The third-order valence-corrected chi connectivity index (χ3v) is 3.13. The van der Waals surface area contributed by atoms with E-state index in [0.717, 1.165) is 13.2 Å². The molecule has 10 heteroatoms. The monoisotopic (exact) mass is 484 g/mol. The van der Waals surface area contributed by atoms with Crippen molar-refractivity contribution in [3.8, 4) is 0 Å². The fourth-order valence-corrected chi connectivity index (χ4v) is 1.60. The molecule has 0 saturated heterocycles. The molecule has 33 heavy (non-hydrogen) atoms. The SMILES string of the molecule is CCC(=O)OC(C)COC.CCOCC.CCOCCC(=O)OCC.COCCC(=O)OC. The lowest BCUT2D eigenvalue weighted by molar-refractivity contribution is -0.150. The molecule has 0 heterocycles. The molecular formula is C23H48O10. The Morgan fingerprint density at radius 3 is 1.58 bits per heavy atom. The number of carbonyl (C=O) groups excluding carboxylic acids is 3. The molecule has 0 fully saturated rings. The molecule has 0 spiro atoms. The number of esters is 3. The van der Waals surface area contributed by atoms with Gasteiger partial charge in [-0.05, 0) is 34.6 Å². The zero-order chi connectivity index (χ0) is 26.3. The number of hydrogen-bond donors (Lipinski definition) is 0. The predicted octanol–water partition coefficient (Wildman–Crippen LogP) is 3.19. The molecule has 0 aromatic rings. The molecule has 0 aliphatic rings. The molecule has 0 rings (SSSR count). The van der Waals surface area contributed by atoms with E-state index in [-0.39, 0.29) is 24.0 Å².